The summed E-state index contributed by atoms with van der Waals surface area (Å²) in [5.74, 6) is 0. The van der Waals surface area contributed by atoms with Crippen LogP contribution < -0.4 is 0 Å². The molecule has 0 aliphatic rings. The normalized spacial score (nSPS) is 11.8. The summed E-state index contributed by atoms with van der Waals surface area (Å²) < 4.78 is 37.9. The number of rotatable bonds is 1. The van der Waals surface area contributed by atoms with Gasteiger partial charge in [0.05, 0.1) is 15.1 Å². The number of halogens is 8. The van der Waals surface area contributed by atoms with Crippen LogP contribution in [-0.4, -0.2) is 4.98 Å². The fraction of sp³-hybridized carbons (Fsp3) is 0.0833. The molecule has 21 heavy (non-hydrogen) atoms. The molecule has 9 heteroatoms. The van der Waals surface area contributed by atoms with Crippen LogP contribution in [0.15, 0.2) is 18.2 Å². The quantitative estimate of drug-likeness (QED) is 0.472. The molecular formula is C12H3Cl5F3N. The maximum Gasteiger partial charge on any atom is 0.433 e. The van der Waals surface area contributed by atoms with Crippen LogP contribution in [0.1, 0.15) is 5.69 Å². The zero-order chi connectivity index (χ0) is 15.9. The Morgan fingerprint density at radius 2 is 1.24 bits per heavy atom. The molecule has 1 heterocycles. The first-order chi connectivity index (χ1) is 9.61. The van der Waals surface area contributed by atoms with Gasteiger partial charge in [-0.15, -0.1) is 0 Å². The highest BCUT2D eigenvalue weighted by Gasteiger charge is 2.34. The van der Waals surface area contributed by atoms with Gasteiger partial charge in [-0.2, -0.15) is 13.2 Å². The second-order valence-electron chi connectivity index (χ2n) is 3.90. The molecule has 0 atom stereocenters. The van der Waals surface area contributed by atoms with Crippen LogP contribution in [-0.2, 0) is 6.18 Å². The standard InChI is InChI=1S/C12H3Cl5F3N/c13-4-1-5(14)9(6(15)2-4)10-7(16)3-8(12(18,19)20)21-11(10)17/h1-3H. The lowest BCUT2D eigenvalue weighted by atomic mass is 10.1. The van der Waals surface area contributed by atoms with Crippen LogP contribution in [0.3, 0.4) is 0 Å². The second-order valence-corrected chi connectivity index (χ2v) is 5.91. The van der Waals surface area contributed by atoms with Gasteiger partial charge in [0, 0.05) is 16.1 Å². The van der Waals surface area contributed by atoms with Crippen molar-refractivity contribution in [3.8, 4) is 11.1 Å². The summed E-state index contributed by atoms with van der Waals surface area (Å²) >= 11 is 29.5. The lowest BCUT2D eigenvalue weighted by Crippen LogP contribution is -2.08. The molecule has 0 saturated carbocycles. The molecule has 0 aliphatic carbocycles. The van der Waals surface area contributed by atoms with Gasteiger partial charge in [0.1, 0.15) is 10.8 Å². The molecule has 1 aromatic carbocycles. The highest BCUT2D eigenvalue weighted by atomic mass is 35.5. The second kappa shape index (κ2) is 6.01. The minimum absolute atomic E-state index is 0.0120. The van der Waals surface area contributed by atoms with Crippen molar-refractivity contribution in [3.05, 3.63) is 49.1 Å². The molecule has 0 unspecified atom stereocenters. The lowest BCUT2D eigenvalue weighted by molar-refractivity contribution is -0.141. The van der Waals surface area contributed by atoms with Crippen LogP contribution in [0.5, 0.6) is 0 Å². The van der Waals surface area contributed by atoms with E-state index in [-0.39, 0.29) is 31.2 Å². The predicted octanol–water partition coefficient (Wildman–Crippen LogP) is 7.03. The van der Waals surface area contributed by atoms with E-state index in [2.05, 4.69) is 4.98 Å². The zero-order valence-corrected chi connectivity index (χ0v) is 13.5. The summed E-state index contributed by atoms with van der Waals surface area (Å²) in [5, 5.41) is -0.272. The summed E-state index contributed by atoms with van der Waals surface area (Å²) in [7, 11) is 0. The van der Waals surface area contributed by atoms with E-state index in [0.29, 0.717) is 6.07 Å². The predicted molar refractivity (Wildman–Crippen MR) is 79.7 cm³/mol. The number of hydrogen-bond donors (Lipinski definition) is 0. The third-order valence-corrected chi connectivity index (χ3v) is 3.86. The van der Waals surface area contributed by atoms with Crippen LogP contribution >= 0.6 is 58.0 Å². The summed E-state index contributed by atoms with van der Waals surface area (Å²) in [6.07, 6.45) is -4.67. The molecule has 0 aliphatic heterocycles. The third kappa shape index (κ3) is 3.51. The van der Waals surface area contributed by atoms with E-state index in [4.69, 9.17) is 58.0 Å². The van der Waals surface area contributed by atoms with Crippen LogP contribution in [0.25, 0.3) is 11.1 Å². The Bertz CT molecular complexity index is 669. The number of hydrogen-bond acceptors (Lipinski definition) is 1. The topological polar surface area (TPSA) is 12.9 Å². The molecule has 0 bridgehead atoms. The maximum absolute atomic E-state index is 12.6. The van der Waals surface area contributed by atoms with Crippen LogP contribution in [0.2, 0.25) is 25.2 Å². The summed E-state index contributed by atoms with van der Waals surface area (Å²) in [6.45, 7) is 0. The molecule has 1 nitrogen and oxygen atoms in total. The molecule has 2 rings (SSSR count). The van der Waals surface area contributed by atoms with Gasteiger partial charge in [0.15, 0.2) is 0 Å². The average molecular weight is 395 g/mol. The number of benzene rings is 1. The van der Waals surface area contributed by atoms with Crippen molar-refractivity contribution in [2.75, 3.05) is 0 Å². The fourth-order valence-corrected chi connectivity index (χ4v) is 3.26. The van der Waals surface area contributed by atoms with E-state index in [1.54, 1.807) is 0 Å². The Morgan fingerprint density at radius 3 is 1.67 bits per heavy atom. The van der Waals surface area contributed by atoms with Gasteiger partial charge < -0.3 is 0 Å². The van der Waals surface area contributed by atoms with Gasteiger partial charge >= 0.3 is 6.18 Å². The Hall–Kier alpha value is -0.390. The molecule has 0 amide bonds. The van der Waals surface area contributed by atoms with Crippen molar-refractivity contribution in [1.82, 2.24) is 4.98 Å². The molecule has 1 aromatic heterocycles. The lowest BCUT2D eigenvalue weighted by Gasteiger charge is -2.14. The Kier molecular flexibility index (Phi) is 4.86. The zero-order valence-electron chi connectivity index (χ0n) is 9.70. The van der Waals surface area contributed by atoms with Gasteiger partial charge in [-0.25, -0.2) is 4.98 Å². The molecule has 0 radical (unpaired) electrons. The third-order valence-electron chi connectivity index (χ3n) is 2.47. The van der Waals surface area contributed by atoms with Crippen LogP contribution in [0, 0.1) is 0 Å². The fourth-order valence-electron chi connectivity index (χ4n) is 1.63. The Morgan fingerprint density at radius 1 is 0.762 bits per heavy atom. The smallest absolute Gasteiger partial charge is 0.231 e. The van der Waals surface area contributed by atoms with Gasteiger partial charge in [-0.1, -0.05) is 58.0 Å². The SMILES string of the molecule is FC(F)(F)c1cc(Cl)c(-c2c(Cl)cc(Cl)cc2Cl)c(Cl)n1. The minimum Gasteiger partial charge on any atom is -0.231 e. The Labute approximate surface area is 142 Å². The first-order valence-corrected chi connectivity index (χ1v) is 7.08. The molecule has 0 fully saturated rings. The number of nitrogens with zero attached hydrogens (tertiary/aromatic N) is 1. The van der Waals surface area contributed by atoms with Crippen molar-refractivity contribution in [1.29, 1.82) is 0 Å². The van der Waals surface area contributed by atoms with E-state index in [9.17, 15) is 13.2 Å². The van der Waals surface area contributed by atoms with Crippen molar-refractivity contribution in [3.63, 3.8) is 0 Å². The van der Waals surface area contributed by atoms with Crippen molar-refractivity contribution in [2.24, 2.45) is 0 Å². The highest BCUT2D eigenvalue weighted by Crippen LogP contribution is 2.44. The molecule has 112 valence electrons. The van der Waals surface area contributed by atoms with E-state index >= 15 is 0 Å². The van der Waals surface area contributed by atoms with Gasteiger partial charge in [0.25, 0.3) is 0 Å². The van der Waals surface area contributed by atoms with E-state index in [1.165, 1.54) is 12.1 Å². The van der Waals surface area contributed by atoms with E-state index < -0.39 is 17.0 Å². The average Bonchev–Trinajstić information content (AvgIpc) is 2.29. The van der Waals surface area contributed by atoms with Gasteiger partial charge in [-0.05, 0) is 18.2 Å². The molecule has 0 N–H and O–H groups in total. The maximum atomic E-state index is 12.6. The van der Waals surface area contributed by atoms with Gasteiger partial charge in [-0.3, -0.25) is 0 Å². The monoisotopic (exact) mass is 393 g/mol. The summed E-state index contributed by atoms with van der Waals surface area (Å²) in [4.78, 5) is 3.29. The molecule has 2 aromatic rings. The number of pyridine rings is 1. The summed E-state index contributed by atoms with van der Waals surface area (Å²) in [5.41, 5.74) is -1.03. The first kappa shape index (κ1) is 17.0. The Balaban J connectivity index is 2.72. The van der Waals surface area contributed by atoms with Gasteiger partial charge in [0.2, 0.25) is 0 Å². The molecular weight excluding hydrogens is 392 g/mol. The van der Waals surface area contributed by atoms with Crippen molar-refractivity contribution in [2.45, 2.75) is 6.18 Å². The number of aromatic nitrogens is 1. The van der Waals surface area contributed by atoms with Crippen molar-refractivity contribution >= 4 is 58.0 Å². The van der Waals surface area contributed by atoms with Crippen LogP contribution in [0.4, 0.5) is 13.2 Å². The van der Waals surface area contributed by atoms with E-state index in [0.717, 1.165) is 0 Å². The molecule has 0 saturated heterocycles. The summed E-state index contributed by atoms with van der Waals surface area (Å²) in [6, 6.07) is 3.40. The molecule has 0 spiro atoms. The minimum atomic E-state index is -4.67. The van der Waals surface area contributed by atoms with E-state index in [1.807, 2.05) is 0 Å². The number of alkyl halides is 3. The van der Waals surface area contributed by atoms with Crippen molar-refractivity contribution < 1.29 is 13.2 Å². The largest absolute Gasteiger partial charge is 0.433 e. The first-order valence-electron chi connectivity index (χ1n) is 5.19. The highest BCUT2D eigenvalue weighted by molar-refractivity contribution is 6.45.